The van der Waals surface area contributed by atoms with Gasteiger partial charge in [-0.05, 0) is 37.1 Å². The Balaban J connectivity index is 1.65. The van der Waals surface area contributed by atoms with E-state index in [-0.39, 0.29) is 6.04 Å². The second-order valence-electron chi connectivity index (χ2n) is 5.45. The number of benzene rings is 1. The van der Waals surface area contributed by atoms with Gasteiger partial charge in [-0.25, -0.2) is 8.78 Å². The Morgan fingerprint density at radius 1 is 1.25 bits per heavy atom. The first-order chi connectivity index (χ1) is 9.54. The van der Waals surface area contributed by atoms with E-state index in [0.29, 0.717) is 6.04 Å². The van der Waals surface area contributed by atoms with E-state index < -0.39 is 11.6 Å². The fraction of sp³-hybridized carbons (Fsp3) is 0.400. The summed E-state index contributed by atoms with van der Waals surface area (Å²) in [5.74, 6) is -1.58. The molecule has 5 heteroatoms. The summed E-state index contributed by atoms with van der Waals surface area (Å²) in [5, 5.41) is 4.31. The molecule has 1 fully saturated rings. The third-order valence-corrected chi connectivity index (χ3v) is 3.97. The van der Waals surface area contributed by atoms with E-state index in [4.69, 9.17) is 0 Å². The number of rotatable bonds is 3. The lowest BCUT2D eigenvalue weighted by atomic mass is 10.0. The number of hydrogen-bond donors (Lipinski definition) is 0. The lowest BCUT2D eigenvalue weighted by Crippen LogP contribution is -2.48. The molecule has 0 saturated carbocycles. The topological polar surface area (TPSA) is 21.1 Å². The quantitative estimate of drug-likeness (QED) is 0.859. The molecular formula is C15H17F2N3. The molecule has 0 amide bonds. The van der Waals surface area contributed by atoms with Crippen molar-refractivity contribution in [2.24, 2.45) is 0 Å². The van der Waals surface area contributed by atoms with E-state index in [1.807, 2.05) is 30.9 Å². The van der Waals surface area contributed by atoms with Gasteiger partial charge in [-0.2, -0.15) is 5.10 Å². The van der Waals surface area contributed by atoms with Crippen LogP contribution in [0.25, 0.3) is 0 Å². The van der Waals surface area contributed by atoms with E-state index in [1.165, 1.54) is 12.1 Å². The van der Waals surface area contributed by atoms with Gasteiger partial charge >= 0.3 is 0 Å². The van der Waals surface area contributed by atoms with Gasteiger partial charge in [0, 0.05) is 25.3 Å². The van der Waals surface area contributed by atoms with Gasteiger partial charge in [0.25, 0.3) is 0 Å². The Morgan fingerprint density at radius 3 is 2.60 bits per heavy atom. The highest BCUT2D eigenvalue weighted by Gasteiger charge is 2.32. The average Bonchev–Trinajstić information content (AvgIpc) is 2.77. The number of halogens is 2. The number of aromatic nitrogens is 2. The van der Waals surface area contributed by atoms with Crippen LogP contribution in [0.15, 0.2) is 30.6 Å². The molecule has 2 heterocycles. The summed E-state index contributed by atoms with van der Waals surface area (Å²) < 4.78 is 28.2. The van der Waals surface area contributed by atoms with E-state index >= 15 is 0 Å². The highest BCUT2D eigenvalue weighted by atomic mass is 19.2. The van der Waals surface area contributed by atoms with Crippen LogP contribution in [0.2, 0.25) is 0 Å². The monoisotopic (exact) mass is 277 g/mol. The molecule has 1 aromatic heterocycles. The largest absolute Gasteiger partial charge is 0.292 e. The highest BCUT2D eigenvalue weighted by molar-refractivity contribution is 5.21. The molecule has 1 atom stereocenters. The number of aryl methyl sites for hydroxylation is 1. The molecule has 3 nitrogen and oxygen atoms in total. The minimum absolute atomic E-state index is 0.0815. The van der Waals surface area contributed by atoms with Crippen molar-refractivity contribution in [3.8, 4) is 0 Å². The van der Waals surface area contributed by atoms with Crippen LogP contribution >= 0.6 is 0 Å². The standard InChI is InChI=1S/C15H17F2N3/c1-10-6-18-20(7-10)13-8-19(9-13)11(2)12-3-4-14(16)15(17)5-12/h3-7,11,13H,8-9H2,1-2H3/t11-/m1/s1. The van der Waals surface area contributed by atoms with Crippen molar-refractivity contribution in [2.45, 2.75) is 25.9 Å². The van der Waals surface area contributed by atoms with Crippen molar-refractivity contribution in [3.05, 3.63) is 53.4 Å². The van der Waals surface area contributed by atoms with Gasteiger partial charge in [-0.15, -0.1) is 0 Å². The van der Waals surface area contributed by atoms with E-state index in [1.54, 1.807) is 6.07 Å². The summed E-state index contributed by atoms with van der Waals surface area (Å²) >= 11 is 0. The van der Waals surface area contributed by atoms with Gasteiger partial charge in [-0.3, -0.25) is 9.58 Å². The van der Waals surface area contributed by atoms with Gasteiger partial charge < -0.3 is 0 Å². The molecule has 20 heavy (non-hydrogen) atoms. The summed E-state index contributed by atoms with van der Waals surface area (Å²) in [6.07, 6.45) is 3.88. The molecule has 1 aromatic carbocycles. The minimum Gasteiger partial charge on any atom is -0.292 e. The van der Waals surface area contributed by atoms with Crippen molar-refractivity contribution >= 4 is 0 Å². The van der Waals surface area contributed by atoms with Crippen molar-refractivity contribution in [1.82, 2.24) is 14.7 Å². The van der Waals surface area contributed by atoms with Gasteiger partial charge in [0.1, 0.15) is 0 Å². The predicted molar refractivity (Wildman–Crippen MR) is 72.3 cm³/mol. The second-order valence-corrected chi connectivity index (χ2v) is 5.45. The maximum absolute atomic E-state index is 13.3. The SMILES string of the molecule is Cc1cnn(C2CN([C@H](C)c3ccc(F)c(F)c3)C2)c1. The molecule has 0 bridgehead atoms. The molecule has 0 unspecified atom stereocenters. The molecule has 0 aliphatic carbocycles. The Bertz CT molecular complexity index is 617. The van der Waals surface area contributed by atoms with Crippen LogP contribution in [0.3, 0.4) is 0 Å². The first kappa shape index (κ1) is 13.2. The van der Waals surface area contributed by atoms with Gasteiger partial charge in [0.2, 0.25) is 0 Å². The summed E-state index contributed by atoms with van der Waals surface area (Å²) in [6.45, 7) is 5.78. The van der Waals surface area contributed by atoms with Crippen LogP contribution in [0.5, 0.6) is 0 Å². The Morgan fingerprint density at radius 2 is 2.00 bits per heavy atom. The maximum atomic E-state index is 13.3. The van der Waals surface area contributed by atoms with E-state index in [0.717, 1.165) is 24.2 Å². The van der Waals surface area contributed by atoms with Crippen LogP contribution in [-0.2, 0) is 0 Å². The second kappa shape index (κ2) is 4.98. The van der Waals surface area contributed by atoms with Crippen LogP contribution in [0, 0.1) is 18.6 Å². The third kappa shape index (κ3) is 2.33. The molecule has 1 aliphatic heterocycles. The van der Waals surface area contributed by atoms with Crippen LogP contribution in [0.4, 0.5) is 8.78 Å². The zero-order chi connectivity index (χ0) is 14.3. The highest BCUT2D eigenvalue weighted by Crippen LogP contribution is 2.31. The fourth-order valence-corrected chi connectivity index (χ4v) is 2.59. The van der Waals surface area contributed by atoms with Crippen molar-refractivity contribution in [1.29, 1.82) is 0 Å². The normalized spacial score (nSPS) is 18.0. The molecule has 0 radical (unpaired) electrons. The van der Waals surface area contributed by atoms with Crippen molar-refractivity contribution < 1.29 is 8.78 Å². The third-order valence-electron chi connectivity index (χ3n) is 3.97. The number of nitrogens with zero attached hydrogens (tertiary/aromatic N) is 3. The Kier molecular flexibility index (Phi) is 3.30. The lowest BCUT2D eigenvalue weighted by Gasteiger charge is -2.43. The minimum atomic E-state index is -0.797. The molecule has 3 rings (SSSR count). The summed E-state index contributed by atoms with van der Waals surface area (Å²) in [6, 6.07) is 4.57. The summed E-state index contributed by atoms with van der Waals surface area (Å²) in [7, 11) is 0. The average molecular weight is 277 g/mol. The van der Waals surface area contributed by atoms with Gasteiger partial charge in [0.05, 0.1) is 12.2 Å². The Hall–Kier alpha value is -1.75. The number of hydrogen-bond acceptors (Lipinski definition) is 2. The van der Waals surface area contributed by atoms with Crippen molar-refractivity contribution in [2.75, 3.05) is 13.1 Å². The van der Waals surface area contributed by atoms with Crippen LogP contribution in [0.1, 0.15) is 30.1 Å². The maximum Gasteiger partial charge on any atom is 0.159 e. The van der Waals surface area contributed by atoms with Gasteiger partial charge in [-0.1, -0.05) is 6.07 Å². The van der Waals surface area contributed by atoms with E-state index in [2.05, 4.69) is 10.00 Å². The Labute approximate surface area is 116 Å². The molecule has 0 spiro atoms. The van der Waals surface area contributed by atoms with Gasteiger partial charge in [0.15, 0.2) is 11.6 Å². The molecular weight excluding hydrogens is 260 g/mol. The first-order valence-electron chi connectivity index (χ1n) is 6.74. The first-order valence-corrected chi connectivity index (χ1v) is 6.74. The zero-order valence-electron chi connectivity index (χ0n) is 11.6. The fourth-order valence-electron chi connectivity index (χ4n) is 2.59. The molecule has 0 N–H and O–H groups in total. The molecule has 1 aliphatic rings. The summed E-state index contributed by atoms with van der Waals surface area (Å²) in [4.78, 5) is 2.23. The van der Waals surface area contributed by atoms with Crippen LogP contribution in [-0.4, -0.2) is 27.8 Å². The van der Waals surface area contributed by atoms with Crippen molar-refractivity contribution in [3.63, 3.8) is 0 Å². The van der Waals surface area contributed by atoms with E-state index in [9.17, 15) is 8.78 Å². The molecule has 1 saturated heterocycles. The zero-order valence-corrected chi connectivity index (χ0v) is 11.6. The number of likely N-dealkylation sites (tertiary alicyclic amines) is 1. The summed E-state index contributed by atoms with van der Waals surface area (Å²) in [5.41, 5.74) is 1.95. The van der Waals surface area contributed by atoms with Crippen LogP contribution < -0.4 is 0 Å². The lowest BCUT2D eigenvalue weighted by molar-refractivity contribution is 0.0595. The predicted octanol–water partition coefficient (Wildman–Crippen LogP) is 3.09. The molecule has 106 valence electrons. The smallest absolute Gasteiger partial charge is 0.159 e. The molecule has 2 aromatic rings.